The van der Waals surface area contributed by atoms with E-state index in [9.17, 15) is 0 Å². The largest absolute Gasteiger partial charge is 0.417 e. The molecule has 0 bridgehead atoms. The van der Waals surface area contributed by atoms with E-state index in [0.717, 1.165) is 19.4 Å². The number of unbranched alkanes of at least 4 members (excludes halogenated alkanes) is 1. The summed E-state index contributed by atoms with van der Waals surface area (Å²) in [7, 11) is -1.58. The number of hydrogen-bond donors (Lipinski definition) is 0. The summed E-state index contributed by atoms with van der Waals surface area (Å²) in [4.78, 5) is 0. The summed E-state index contributed by atoms with van der Waals surface area (Å²) in [5.41, 5.74) is 2.92. The fraction of sp³-hybridized carbons (Fsp3) is 0.714. The molecule has 0 N–H and O–H groups in total. The van der Waals surface area contributed by atoms with Gasteiger partial charge in [-0.1, -0.05) is 71.4 Å². The Morgan fingerprint density at radius 1 is 1.04 bits per heavy atom. The van der Waals surface area contributed by atoms with Gasteiger partial charge in [0.15, 0.2) is 8.32 Å². The van der Waals surface area contributed by atoms with Crippen molar-refractivity contribution in [3.63, 3.8) is 0 Å². The summed E-state index contributed by atoms with van der Waals surface area (Å²) < 4.78 is 6.21. The maximum absolute atomic E-state index is 6.21. The first-order chi connectivity index (χ1) is 10.3. The fourth-order valence-electron chi connectivity index (χ4n) is 2.04. The summed E-state index contributed by atoms with van der Waals surface area (Å²) in [6.45, 7) is 23.5. The summed E-state index contributed by atoms with van der Waals surface area (Å²) >= 11 is 0. The van der Waals surface area contributed by atoms with Gasteiger partial charge in [-0.25, -0.2) is 0 Å². The Labute approximate surface area is 147 Å². The van der Waals surface area contributed by atoms with E-state index < -0.39 is 8.32 Å². The Morgan fingerprint density at radius 3 is 2.04 bits per heavy atom. The molecular formula is C21H40OSi. The summed E-state index contributed by atoms with van der Waals surface area (Å²) in [6.07, 6.45) is 11.2. The molecule has 0 rings (SSSR count). The highest BCUT2D eigenvalue weighted by molar-refractivity contribution is 6.74. The minimum absolute atomic E-state index is 0.209. The van der Waals surface area contributed by atoms with Crippen molar-refractivity contribution in [2.24, 2.45) is 5.41 Å². The van der Waals surface area contributed by atoms with Gasteiger partial charge in [-0.3, -0.25) is 0 Å². The van der Waals surface area contributed by atoms with Crippen molar-refractivity contribution in [3.8, 4) is 0 Å². The van der Waals surface area contributed by atoms with Gasteiger partial charge in [-0.2, -0.15) is 0 Å². The molecule has 0 saturated heterocycles. The molecule has 0 atom stereocenters. The molecule has 0 fully saturated rings. The normalized spacial score (nSPS) is 15.6. The Balaban J connectivity index is 4.32. The van der Waals surface area contributed by atoms with Gasteiger partial charge in [0.1, 0.15) is 0 Å². The van der Waals surface area contributed by atoms with Gasteiger partial charge in [0, 0.05) is 6.61 Å². The SMILES string of the molecule is CC=C(C=C(C)C=CCCCO[Si](C)(C)C(C)(C)C)C(C)(C)C. The third kappa shape index (κ3) is 8.71. The molecule has 0 aliphatic carbocycles. The van der Waals surface area contributed by atoms with E-state index in [2.05, 4.69) is 92.8 Å². The first-order valence-corrected chi connectivity index (χ1v) is 11.9. The van der Waals surface area contributed by atoms with E-state index >= 15 is 0 Å². The average molecular weight is 337 g/mol. The van der Waals surface area contributed by atoms with Crippen LogP contribution in [0.15, 0.2) is 35.5 Å². The predicted molar refractivity (Wildman–Crippen MR) is 108 cm³/mol. The molecule has 0 radical (unpaired) electrons. The van der Waals surface area contributed by atoms with Gasteiger partial charge in [0.25, 0.3) is 0 Å². The van der Waals surface area contributed by atoms with Gasteiger partial charge in [-0.15, -0.1) is 0 Å². The van der Waals surface area contributed by atoms with Gasteiger partial charge < -0.3 is 4.43 Å². The van der Waals surface area contributed by atoms with Crippen LogP contribution in [0.2, 0.25) is 18.1 Å². The summed E-state index contributed by atoms with van der Waals surface area (Å²) in [5, 5.41) is 0.304. The van der Waals surface area contributed by atoms with Gasteiger partial charge in [0.2, 0.25) is 0 Å². The molecule has 1 nitrogen and oxygen atoms in total. The van der Waals surface area contributed by atoms with Crippen molar-refractivity contribution in [2.45, 2.75) is 86.4 Å². The van der Waals surface area contributed by atoms with Crippen molar-refractivity contribution < 1.29 is 4.43 Å². The van der Waals surface area contributed by atoms with E-state index in [1.54, 1.807) is 0 Å². The molecule has 2 heteroatoms. The average Bonchev–Trinajstić information content (AvgIpc) is 2.37. The standard InChI is InChI=1S/C21H40OSi/c1-11-19(20(3,4)5)17-18(2)15-13-12-14-16-22-23(9,10)21(6,7)8/h11,13,15,17H,12,14,16H2,1-10H3. The van der Waals surface area contributed by atoms with E-state index in [1.807, 2.05) is 0 Å². The second-order valence-corrected chi connectivity index (χ2v) is 13.8. The molecule has 0 saturated carbocycles. The topological polar surface area (TPSA) is 9.23 Å². The van der Waals surface area contributed by atoms with E-state index in [0.29, 0.717) is 5.04 Å². The van der Waals surface area contributed by atoms with Crippen molar-refractivity contribution >= 4 is 8.32 Å². The highest BCUT2D eigenvalue weighted by Gasteiger charge is 2.36. The lowest BCUT2D eigenvalue weighted by molar-refractivity contribution is 0.283. The van der Waals surface area contributed by atoms with Crippen molar-refractivity contribution in [1.29, 1.82) is 0 Å². The first kappa shape index (κ1) is 22.4. The zero-order chi connectivity index (χ0) is 18.3. The molecule has 0 aliphatic heterocycles. The fourth-order valence-corrected chi connectivity index (χ4v) is 3.13. The van der Waals surface area contributed by atoms with Gasteiger partial charge >= 0.3 is 0 Å². The molecule has 134 valence electrons. The van der Waals surface area contributed by atoms with Crippen LogP contribution in [0.3, 0.4) is 0 Å². The number of allylic oxidation sites excluding steroid dienone is 6. The van der Waals surface area contributed by atoms with Crippen LogP contribution in [0, 0.1) is 5.41 Å². The summed E-state index contributed by atoms with van der Waals surface area (Å²) in [6, 6.07) is 0. The van der Waals surface area contributed by atoms with Crippen LogP contribution in [0.25, 0.3) is 0 Å². The van der Waals surface area contributed by atoms with Crippen LogP contribution in [0.1, 0.15) is 68.2 Å². The maximum atomic E-state index is 6.21. The third-order valence-electron chi connectivity index (χ3n) is 4.73. The smallest absolute Gasteiger partial charge is 0.191 e. The van der Waals surface area contributed by atoms with Crippen LogP contribution < -0.4 is 0 Å². The van der Waals surface area contributed by atoms with Crippen molar-refractivity contribution in [2.75, 3.05) is 6.61 Å². The Morgan fingerprint density at radius 2 is 1.61 bits per heavy atom. The van der Waals surface area contributed by atoms with Gasteiger partial charge in [0.05, 0.1) is 0 Å². The second kappa shape index (κ2) is 9.03. The first-order valence-electron chi connectivity index (χ1n) is 8.97. The van der Waals surface area contributed by atoms with Crippen molar-refractivity contribution in [1.82, 2.24) is 0 Å². The molecule has 0 aliphatic rings. The molecule has 0 amide bonds. The monoisotopic (exact) mass is 336 g/mol. The molecule has 0 aromatic rings. The molecule has 0 aromatic carbocycles. The highest BCUT2D eigenvalue weighted by Crippen LogP contribution is 2.36. The lowest BCUT2D eigenvalue weighted by Gasteiger charge is -2.36. The molecular weight excluding hydrogens is 296 g/mol. The molecule has 0 spiro atoms. The molecule has 0 unspecified atom stereocenters. The Bertz CT molecular complexity index is 439. The van der Waals surface area contributed by atoms with Crippen LogP contribution in [0.4, 0.5) is 0 Å². The Hall–Kier alpha value is -0.603. The molecule has 23 heavy (non-hydrogen) atoms. The lowest BCUT2D eigenvalue weighted by atomic mass is 9.85. The van der Waals surface area contributed by atoms with Crippen LogP contribution in [-0.4, -0.2) is 14.9 Å². The van der Waals surface area contributed by atoms with E-state index in [4.69, 9.17) is 4.43 Å². The maximum Gasteiger partial charge on any atom is 0.191 e. The second-order valence-electron chi connectivity index (χ2n) is 9.04. The minimum atomic E-state index is -1.58. The van der Waals surface area contributed by atoms with Gasteiger partial charge in [-0.05, 0) is 55.8 Å². The third-order valence-corrected chi connectivity index (χ3v) is 9.26. The zero-order valence-electron chi connectivity index (χ0n) is 17.3. The van der Waals surface area contributed by atoms with Crippen LogP contribution in [0.5, 0.6) is 0 Å². The van der Waals surface area contributed by atoms with Crippen molar-refractivity contribution in [3.05, 3.63) is 35.5 Å². The molecule has 0 heterocycles. The number of rotatable bonds is 7. The molecule has 0 aromatic heterocycles. The van der Waals surface area contributed by atoms with Crippen LogP contribution in [-0.2, 0) is 4.43 Å². The quantitative estimate of drug-likeness (QED) is 0.269. The highest BCUT2D eigenvalue weighted by atomic mass is 28.4. The van der Waals surface area contributed by atoms with Crippen LogP contribution >= 0.6 is 0 Å². The lowest BCUT2D eigenvalue weighted by Crippen LogP contribution is -2.40. The number of hydrogen-bond acceptors (Lipinski definition) is 1. The predicted octanol–water partition coefficient (Wildman–Crippen LogP) is 7.28. The van der Waals surface area contributed by atoms with E-state index in [-0.39, 0.29) is 5.41 Å². The van der Waals surface area contributed by atoms with E-state index in [1.165, 1.54) is 11.1 Å². The Kier molecular flexibility index (Phi) is 8.79. The minimum Gasteiger partial charge on any atom is -0.417 e. The summed E-state index contributed by atoms with van der Waals surface area (Å²) in [5.74, 6) is 0. The zero-order valence-corrected chi connectivity index (χ0v) is 18.3.